The van der Waals surface area contributed by atoms with Crippen molar-refractivity contribution in [1.82, 2.24) is 5.06 Å². The molecule has 4 aliphatic carbocycles. The zero-order valence-electron chi connectivity index (χ0n) is 19.9. The number of aliphatic hydroxyl groups is 1. The molecule has 3 saturated carbocycles. The predicted molar refractivity (Wildman–Crippen MR) is 121 cm³/mol. The summed E-state index contributed by atoms with van der Waals surface area (Å²) < 4.78 is 7.01. The Morgan fingerprint density at radius 3 is 2.87 bits per heavy atom. The molecule has 0 aromatic rings. The van der Waals surface area contributed by atoms with Crippen LogP contribution in [0.5, 0.6) is 0 Å². The highest BCUT2D eigenvalue weighted by Gasteiger charge is 2.77. The fourth-order valence-electron chi connectivity index (χ4n) is 9.43. The Morgan fingerprint density at radius 1 is 1.19 bits per heavy atom. The van der Waals surface area contributed by atoms with Gasteiger partial charge >= 0.3 is 0 Å². The maximum absolute atomic E-state index is 10.7. The first-order chi connectivity index (χ1) is 14.7. The van der Waals surface area contributed by atoms with E-state index in [1.165, 1.54) is 44.9 Å². The number of rotatable bonds is 2. The van der Waals surface area contributed by atoms with Gasteiger partial charge in [-0.2, -0.15) is 5.06 Å². The van der Waals surface area contributed by atoms with E-state index in [1.807, 2.05) is 0 Å². The van der Waals surface area contributed by atoms with E-state index in [4.69, 9.17) is 4.74 Å². The van der Waals surface area contributed by atoms with Crippen molar-refractivity contribution < 1.29 is 15.1 Å². The number of allylic oxidation sites excluding steroid dienone is 1. The molecule has 2 saturated heterocycles. The predicted octanol–water partition coefficient (Wildman–Crippen LogP) is 5.47. The molecule has 5 fully saturated rings. The number of hydrogen-bond acceptors (Lipinski definition) is 4. The first-order valence-electron chi connectivity index (χ1n) is 13.2. The van der Waals surface area contributed by atoms with Gasteiger partial charge in [0, 0.05) is 12.0 Å². The third-order valence-electron chi connectivity index (χ3n) is 11.5. The highest BCUT2D eigenvalue weighted by Crippen LogP contribution is 2.80. The zero-order chi connectivity index (χ0) is 21.6. The first-order valence-corrected chi connectivity index (χ1v) is 13.2. The van der Waals surface area contributed by atoms with Gasteiger partial charge in [-0.1, -0.05) is 32.4 Å². The van der Waals surface area contributed by atoms with Crippen molar-refractivity contribution in [3.05, 3.63) is 11.6 Å². The van der Waals surface area contributed by atoms with Crippen LogP contribution in [0.2, 0.25) is 0 Å². The molecule has 1 spiro atoms. The van der Waals surface area contributed by atoms with Crippen molar-refractivity contribution in [2.24, 2.45) is 28.1 Å². The van der Waals surface area contributed by atoms with Gasteiger partial charge in [-0.3, -0.25) is 0 Å². The number of fused-ring (bicyclic) bond motifs is 4. The Balaban J connectivity index is 1.25. The van der Waals surface area contributed by atoms with E-state index in [2.05, 4.69) is 26.8 Å². The van der Waals surface area contributed by atoms with E-state index in [-0.39, 0.29) is 29.3 Å². The lowest BCUT2D eigenvalue weighted by Gasteiger charge is -2.50. The van der Waals surface area contributed by atoms with E-state index in [0.717, 1.165) is 44.6 Å². The maximum Gasteiger partial charge on any atom is 0.0765 e. The first kappa shape index (κ1) is 21.1. The summed E-state index contributed by atoms with van der Waals surface area (Å²) >= 11 is 0. The van der Waals surface area contributed by atoms with Gasteiger partial charge in [0.05, 0.1) is 23.9 Å². The molecule has 6 rings (SSSR count). The van der Waals surface area contributed by atoms with Crippen molar-refractivity contribution in [1.29, 1.82) is 0 Å². The lowest BCUT2D eigenvalue weighted by molar-refractivity contribution is -0.181. The summed E-state index contributed by atoms with van der Waals surface area (Å²) in [6.45, 7) is 8.09. The number of ether oxygens (including phenoxy) is 1. The summed E-state index contributed by atoms with van der Waals surface area (Å²) in [7, 11) is 0. The highest BCUT2D eigenvalue weighted by atomic mass is 16.5. The number of hydroxylamine groups is 2. The van der Waals surface area contributed by atoms with E-state index < -0.39 is 0 Å². The van der Waals surface area contributed by atoms with Crippen LogP contribution >= 0.6 is 0 Å². The quantitative estimate of drug-likeness (QED) is 0.572. The van der Waals surface area contributed by atoms with Crippen molar-refractivity contribution in [3.63, 3.8) is 0 Å². The molecule has 0 aromatic heterocycles. The molecule has 0 bridgehead atoms. The molecule has 0 amide bonds. The fourth-order valence-corrected chi connectivity index (χ4v) is 9.43. The molecule has 0 aromatic carbocycles. The number of aliphatic hydroxyl groups excluding tert-OH is 1. The van der Waals surface area contributed by atoms with Gasteiger partial charge in [0.1, 0.15) is 0 Å². The van der Waals surface area contributed by atoms with Crippen LogP contribution in [0.15, 0.2) is 11.6 Å². The van der Waals surface area contributed by atoms with Gasteiger partial charge in [0.2, 0.25) is 0 Å². The summed E-state index contributed by atoms with van der Waals surface area (Å²) in [5.74, 6) is 1.26. The van der Waals surface area contributed by atoms with Crippen LogP contribution in [0.3, 0.4) is 0 Å². The minimum absolute atomic E-state index is 0.0252. The molecular weight excluding hydrogens is 386 g/mol. The normalized spacial score (nSPS) is 56.5. The average Bonchev–Trinajstić information content (AvgIpc) is 3.14. The van der Waals surface area contributed by atoms with Crippen LogP contribution in [0.1, 0.15) is 97.8 Å². The minimum Gasteiger partial charge on any atom is -0.393 e. The zero-order valence-corrected chi connectivity index (χ0v) is 19.9. The lowest BCUT2D eigenvalue weighted by Crippen LogP contribution is -2.47. The summed E-state index contributed by atoms with van der Waals surface area (Å²) in [5, 5.41) is 22.6. The minimum atomic E-state index is -0.126. The van der Waals surface area contributed by atoms with Gasteiger partial charge in [-0.05, 0) is 99.7 Å². The van der Waals surface area contributed by atoms with Gasteiger partial charge in [-0.15, -0.1) is 0 Å². The molecule has 6 aliphatic rings. The van der Waals surface area contributed by atoms with Crippen molar-refractivity contribution in [2.45, 2.75) is 122 Å². The molecule has 2 aliphatic heterocycles. The molecule has 4 heteroatoms. The highest BCUT2D eigenvalue weighted by molar-refractivity contribution is 5.29. The van der Waals surface area contributed by atoms with Gasteiger partial charge in [0.25, 0.3) is 0 Å². The Hall–Kier alpha value is -0.420. The summed E-state index contributed by atoms with van der Waals surface area (Å²) in [5.41, 5.74) is 2.52. The number of hydrogen-bond donors (Lipinski definition) is 2. The van der Waals surface area contributed by atoms with Crippen LogP contribution < -0.4 is 0 Å². The third kappa shape index (κ3) is 2.87. The summed E-state index contributed by atoms with van der Waals surface area (Å²) in [4.78, 5) is 0. The number of nitrogens with zero attached hydrogens (tertiary/aromatic N) is 1. The SMILES string of the molecule is CC1CC2OC3(CCCC4(CC5CCC=C6CC(O)CCC65C)CC43C)CC2N(O)C1. The molecule has 9 unspecified atom stereocenters. The molecule has 2 N–H and O–H groups in total. The molecule has 174 valence electrons. The maximum atomic E-state index is 10.7. The van der Waals surface area contributed by atoms with Gasteiger partial charge in [-0.25, -0.2) is 0 Å². The lowest BCUT2D eigenvalue weighted by atomic mass is 9.56. The fraction of sp³-hybridized carbons (Fsp3) is 0.926. The van der Waals surface area contributed by atoms with Crippen LogP contribution in [-0.2, 0) is 4.74 Å². The summed E-state index contributed by atoms with van der Waals surface area (Å²) in [6, 6.07) is 0.200. The van der Waals surface area contributed by atoms with Gasteiger partial charge in [0.15, 0.2) is 0 Å². The molecule has 31 heavy (non-hydrogen) atoms. The van der Waals surface area contributed by atoms with Crippen LogP contribution in [-0.4, -0.2) is 45.8 Å². The van der Waals surface area contributed by atoms with Crippen molar-refractivity contribution >= 4 is 0 Å². The molecule has 9 atom stereocenters. The molecule has 4 nitrogen and oxygen atoms in total. The largest absolute Gasteiger partial charge is 0.393 e. The third-order valence-corrected chi connectivity index (χ3v) is 11.5. The molecule has 2 heterocycles. The van der Waals surface area contributed by atoms with E-state index >= 15 is 0 Å². The van der Waals surface area contributed by atoms with E-state index in [1.54, 1.807) is 10.6 Å². The second kappa shape index (κ2) is 6.81. The second-order valence-corrected chi connectivity index (χ2v) is 13.0. The van der Waals surface area contributed by atoms with Crippen LogP contribution in [0, 0.1) is 28.1 Å². The van der Waals surface area contributed by atoms with Crippen LogP contribution in [0.4, 0.5) is 0 Å². The average molecular weight is 430 g/mol. The smallest absolute Gasteiger partial charge is 0.0765 e. The van der Waals surface area contributed by atoms with Crippen LogP contribution in [0.25, 0.3) is 0 Å². The van der Waals surface area contributed by atoms with Crippen molar-refractivity contribution in [2.75, 3.05) is 6.54 Å². The second-order valence-electron chi connectivity index (χ2n) is 13.0. The molecule has 0 radical (unpaired) electrons. The Bertz CT molecular complexity index is 782. The van der Waals surface area contributed by atoms with E-state index in [9.17, 15) is 10.3 Å². The Kier molecular flexibility index (Phi) is 4.64. The van der Waals surface area contributed by atoms with E-state index in [0.29, 0.717) is 16.7 Å². The van der Waals surface area contributed by atoms with Gasteiger partial charge < -0.3 is 15.1 Å². The Morgan fingerprint density at radius 2 is 2.03 bits per heavy atom. The Labute approximate surface area is 188 Å². The number of piperidine rings is 1. The molecular formula is C27H43NO3. The summed E-state index contributed by atoms with van der Waals surface area (Å²) in [6.07, 6.45) is 16.7. The standard InChI is InChI=1S/C27H43NO3/c1-18-12-23-22(28(30)16-18)15-27(31-23)10-5-9-26(17-25(26,27)3)14-20-7-4-6-19-13-21(29)8-11-24(19,20)2/h6,18,20-23,29-30H,4-5,7-17H2,1-3H3. The topological polar surface area (TPSA) is 52.9 Å². The van der Waals surface area contributed by atoms with Crippen molar-refractivity contribution in [3.8, 4) is 0 Å². The monoisotopic (exact) mass is 429 g/mol.